The number of hydrogen-bond donors (Lipinski definition) is 1. The first kappa shape index (κ1) is 15.1. The molecule has 118 valence electrons. The van der Waals surface area contributed by atoms with Crippen molar-refractivity contribution in [3.05, 3.63) is 30.0 Å². The summed E-state index contributed by atoms with van der Waals surface area (Å²) in [7, 11) is 2.03. The van der Waals surface area contributed by atoms with Crippen LogP contribution in [0.2, 0.25) is 0 Å². The highest BCUT2D eigenvalue weighted by molar-refractivity contribution is 6.03. The maximum absolute atomic E-state index is 12.3. The molecule has 1 aromatic carbocycles. The van der Waals surface area contributed by atoms with E-state index in [1.165, 1.54) is 43.2 Å². The molecule has 1 saturated carbocycles. The molecule has 0 unspecified atom stereocenters. The van der Waals surface area contributed by atoms with Gasteiger partial charge in [-0.05, 0) is 30.9 Å². The normalized spacial score (nSPS) is 16.1. The standard InChI is InChI=1S/C19H26N2O/c1-14-7-6-10-17-19(14)16(13-21(17)2)20-18(22)12-11-15-8-4-3-5-9-15/h6-7,10,13,15H,3-5,8-9,11-12H2,1-2H3,(H,20,22). The Morgan fingerprint density at radius 3 is 2.82 bits per heavy atom. The molecule has 22 heavy (non-hydrogen) atoms. The van der Waals surface area contributed by atoms with Crippen molar-refractivity contribution in [1.82, 2.24) is 4.57 Å². The third-order valence-corrected chi connectivity index (χ3v) is 5.00. The maximum atomic E-state index is 12.3. The Morgan fingerprint density at radius 1 is 1.27 bits per heavy atom. The lowest BCUT2D eigenvalue weighted by molar-refractivity contribution is -0.116. The molecular weight excluding hydrogens is 272 g/mol. The van der Waals surface area contributed by atoms with Crippen molar-refractivity contribution < 1.29 is 4.79 Å². The van der Waals surface area contributed by atoms with E-state index in [-0.39, 0.29) is 5.91 Å². The van der Waals surface area contributed by atoms with Crippen LogP contribution in [0.25, 0.3) is 10.9 Å². The van der Waals surface area contributed by atoms with Crippen LogP contribution in [0.1, 0.15) is 50.5 Å². The molecule has 1 heterocycles. The van der Waals surface area contributed by atoms with Crippen molar-refractivity contribution in [3.8, 4) is 0 Å². The van der Waals surface area contributed by atoms with Gasteiger partial charge in [0.1, 0.15) is 0 Å². The van der Waals surface area contributed by atoms with Gasteiger partial charge in [0.15, 0.2) is 0 Å². The smallest absolute Gasteiger partial charge is 0.224 e. The Kier molecular flexibility index (Phi) is 4.51. The minimum absolute atomic E-state index is 0.154. The van der Waals surface area contributed by atoms with Crippen LogP contribution in [-0.4, -0.2) is 10.5 Å². The van der Waals surface area contributed by atoms with Gasteiger partial charge in [0.25, 0.3) is 0 Å². The quantitative estimate of drug-likeness (QED) is 0.865. The maximum Gasteiger partial charge on any atom is 0.224 e. The Hall–Kier alpha value is -1.77. The highest BCUT2D eigenvalue weighted by atomic mass is 16.1. The lowest BCUT2D eigenvalue weighted by atomic mass is 9.86. The predicted molar refractivity (Wildman–Crippen MR) is 92.1 cm³/mol. The van der Waals surface area contributed by atoms with Crippen LogP contribution in [0, 0.1) is 12.8 Å². The first-order chi connectivity index (χ1) is 10.6. The Labute approximate surface area is 132 Å². The first-order valence-corrected chi connectivity index (χ1v) is 8.49. The molecule has 0 saturated heterocycles. The minimum Gasteiger partial charge on any atom is -0.348 e. The van der Waals surface area contributed by atoms with Crippen LogP contribution in [0.3, 0.4) is 0 Å². The number of rotatable bonds is 4. The van der Waals surface area contributed by atoms with Gasteiger partial charge in [0, 0.05) is 25.1 Å². The summed E-state index contributed by atoms with van der Waals surface area (Å²) in [4.78, 5) is 12.3. The highest BCUT2D eigenvalue weighted by Crippen LogP contribution is 2.30. The molecule has 0 spiro atoms. The van der Waals surface area contributed by atoms with E-state index in [0.29, 0.717) is 6.42 Å². The zero-order valence-electron chi connectivity index (χ0n) is 13.7. The number of benzene rings is 1. The van der Waals surface area contributed by atoms with Gasteiger partial charge >= 0.3 is 0 Å². The predicted octanol–water partition coefficient (Wildman–Crippen LogP) is 4.79. The largest absolute Gasteiger partial charge is 0.348 e. The van der Waals surface area contributed by atoms with Gasteiger partial charge in [-0.1, -0.05) is 44.2 Å². The molecule has 1 amide bonds. The fourth-order valence-corrected chi connectivity index (χ4v) is 3.74. The summed E-state index contributed by atoms with van der Waals surface area (Å²) >= 11 is 0. The summed E-state index contributed by atoms with van der Waals surface area (Å²) in [6.45, 7) is 2.10. The lowest BCUT2D eigenvalue weighted by Gasteiger charge is -2.20. The molecule has 3 nitrogen and oxygen atoms in total. The molecule has 1 aromatic heterocycles. The number of carbonyl (C=O) groups excluding carboxylic acids is 1. The van der Waals surface area contributed by atoms with Crippen molar-refractivity contribution in [2.45, 2.75) is 51.9 Å². The van der Waals surface area contributed by atoms with E-state index in [9.17, 15) is 4.79 Å². The second-order valence-corrected chi connectivity index (χ2v) is 6.71. The average Bonchev–Trinajstić information content (AvgIpc) is 2.84. The van der Waals surface area contributed by atoms with E-state index in [2.05, 4.69) is 35.0 Å². The van der Waals surface area contributed by atoms with E-state index in [0.717, 1.165) is 23.4 Å². The fraction of sp³-hybridized carbons (Fsp3) is 0.526. The molecule has 1 aliphatic carbocycles. The molecule has 0 atom stereocenters. The Balaban J connectivity index is 1.66. The number of anilines is 1. The Morgan fingerprint density at radius 2 is 2.05 bits per heavy atom. The molecular formula is C19H26N2O. The SMILES string of the molecule is Cc1cccc2c1c(NC(=O)CCC1CCCCC1)cn2C. The van der Waals surface area contributed by atoms with E-state index in [1.54, 1.807) is 0 Å². The van der Waals surface area contributed by atoms with E-state index in [4.69, 9.17) is 0 Å². The highest BCUT2D eigenvalue weighted by Gasteiger charge is 2.16. The van der Waals surface area contributed by atoms with Gasteiger partial charge in [0.05, 0.1) is 11.2 Å². The van der Waals surface area contributed by atoms with Gasteiger partial charge in [-0.15, -0.1) is 0 Å². The summed E-state index contributed by atoms with van der Waals surface area (Å²) in [5.41, 5.74) is 3.33. The van der Waals surface area contributed by atoms with Crippen LogP contribution in [0.4, 0.5) is 5.69 Å². The summed E-state index contributed by atoms with van der Waals surface area (Å²) in [5.74, 6) is 0.912. The average molecular weight is 298 g/mol. The number of nitrogens with one attached hydrogen (secondary N) is 1. The molecule has 0 bridgehead atoms. The monoisotopic (exact) mass is 298 g/mol. The van der Waals surface area contributed by atoms with Crippen LogP contribution >= 0.6 is 0 Å². The van der Waals surface area contributed by atoms with Crippen molar-refractivity contribution in [2.75, 3.05) is 5.32 Å². The van der Waals surface area contributed by atoms with Gasteiger partial charge in [0.2, 0.25) is 5.91 Å². The zero-order chi connectivity index (χ0) is 15.5. The summed E-state index contributed by atoms with van der Waals surface area (Å²) in [6, 6.07) is 6.26. The second-order valence-electron chi connectivity index (χ2n) is 6.71. The van der Waals surface area contributed by atoms with Crippen molar-refractivity contribution >= 4 is 22.5 Å². The van der Waals surface area contributed by atoms with E-state index < -0.39 is 0 Å². The van der Waals surface area contributed by atoms with Crippen LogP contribution in [0.15, 0.2) is 24.4 Å². The molecule has 3 rings (SSSR count). The van der Waals surface area contributed by atoms with Gasteiger partial charge in [-0.3, -0.25) is 4.79 Å². The van der Waals surface area contributed by atoms with Crippen LogP contribution in [-0.2, 0) is 11.8 Å². The summed E-state index contributed by atoms with van der Waals surface area (Å²) < 4.78 is 2.08. The molecule has 3 heteroatoms. The molecule has 2 aromatic rings. The van der Waals surface area contributed by atoms with Crippen molar-refractivity contribution in [2.24, 2.45) is 13.0 Å². The summed E-state index contributed by atoms with van der Waals surface area (Å²) in [6.07, 6.45) is 10.4. The van der Waals surface area contributed by atoms with Gasteiger partial charge in [-0.2, -0.15) is 0 Å². The molecule has 0 radical (unpaired) electrons. The van der Waals surface area contributed by atoms with Crippen molar-refractivity contribution in [1.29, 1.82) is 0 Å². The fourth-order valence-electron chi connectivity index (χ4n) is 3.74. The third-order valence-electron chi connectivity index (χ3n) is 5.00. The number of nitrogens with zero attached hydrogens (tertiary/aromatic N) is 1. The number of hydrogen-bond acceptors (Lipinski definition) is 1. The van der Waals surface area contributed by atoms with Gasteiger partial charge < -0.3 is 9.88 Å². The zero-order valence-corrected chi connectivity index (χ0v) is 13.7. The second kappa shape index (κ2) is 6.55. The number of aryl methyl sites for hydroxylation is 2. The summed E-state index contributed by atoms with van der Waals surface area (Å²) in [5, 5.41) is 4.29. The number of aromatic nitrogens is 1. The lowest BCUT2D eigenvalue weighted by Crippen LogP contribution is -2.14. The molecule has 1 aliphatic rings. The molecule has 1 fully saturated rings. The molecule has 0 aliphatic heterocycles. The van der Waals surface area contributed by atoms with E-state index in [1.807, 2.05) is 13.2 Å². The van der Waals surface area contributed by atoms with Crippen LogP contribution in [0.5, 0.6) is 0 Å². The minimum atomic E-state index is 0.154. The Bertz CT molecular complexity index is 665. The van der Waals surface area contributed by atoms with Gasteiger partial charge in [-0.25, -0.2) is 0 Å². The third kappa shape index (κ3) is 3.18. The van der Waals surface area contributed by atoms with Crippen molar-refractivity contribution in [3.63, 3.8) is 0 Å². The molecule has 1 N–H and O–H groups in total. The number of amides is 1. The van der Waals surface area contributed by atoms with E-state index >= 15 is 0 Å². The topological polar surface area (TPSA) is 34.0 Å². The number of carbonyl (C=O) groups is 1. The number of fused-ring (bicyclic) bond motifs is 1. The first-order valence-electron chi connectivity index (χ1n) is 8.49. The van der Waals surface area contributed by atoms with Crippen LogP contribution < -0.4 is 5.32 Å².